The maximum atomic E-state index is 12.8. The van der Waals surface area contributed by atoms with Crippen molar-refractivity contribution in [3.8, 4) is 0 Å². The summed E-state index contributed by atoms with van der Waals surface area (Å²) in [4.78, 5) is 26.3. The van der Waals surface area contributed by atoms with Crippen LogP contribution in [0.15, 0.2) is 66.7 Å². The van der Waals surface area contributed by atoms with Crippen LogP contribution in [0.4, 0.5) is 11.4 Å². The summed E-state index contributed by atoms with van der Waals surface area (Å²) < 4.78 is 0. The van der Waals surface area contributed by atoms with Crippen molar-refractivity contribution in [3.63, 3.8) is 0 Å². The van der Waals surface area contributed by atoms with Crippen molar-refractivity contribution in [1.82, 2.24) is 0 Å². The number of carbonyl (C=O) groups is 2. The average Bonchev–Trinajstić information content (AvgIpc) is 2.70. The second kappa shape index (κ2) is 7.21. The normalized spacial score (nSPS) is 14.6. The quantitative estimate of drug-likeness (QED) is 0.751. The Labute approximate surface area is 158 Å². The molecule has 0 fully saturated rings. The van der Waals surface area contributed by atoms with Crippen LogP contribution in [0.1, 0.15) is 18.5 Å². The van der Waals surface area contributed by atoms with E-state index in [0.717, 1.165) is 5.69 Å². The van der Waals surface area contributed by atoms with Gasteiger partial charge in [0, 0.05) is 5.56 Å². The molecule has 4 rings (SSSR count). The first kappa shape index (κ1) is 17.2. The second-order valence-electron chi connectivity index (χ2n) is 6.84. The van der Waals surface area contributed by atoms with Crippen molar-refractivity contribution in [3.05, 3.63) is 72.3 Å². The number of anilines is 2. The van der Waals surface area contributed by atoms with Gasteiger partial charge in [-0.3, -0.25) is 14.5 Å². The van der Waals surface area contributed by atoms with Crippen LogP contribution in [0.2, 0.25) is 0 Å². The summed E-state index contributed by atoms with van der Waals surface area (Å²) >= 11 is 0. The third kappa shape index (κ3) is 3.41. The first-order chi connectivity index (χ1) is 13.1. The van der Waals surface area contributed by atoms with E-state index in [1.54, 1.807) is 4.90 Å². The Morgan fingerprint density at radius 3 is 2.70 bits per heavy atom. The smallest absolute Gasteiger partial charge is 0.282 e. The van der Waals surface area contributed by atoms with Crippen molar-refractivity contribution in [2.75, 3.05) is 23.3 Å². The second-order valence-corrected chi connectivity index (χ2v) is 6.84. The van der Waals surface area contributed by atoms with E-state index in [9.17, 15) is 9.59 Å². The summed E-state index contributed by atoms with van der Waals surface area (Å²) in [7, 11) is 0. The molecule has 5 nitrogen and oxygen atoms in total. The van der Waals surface area contributed by atoms with E-state index in [4.69, 9.17) is 0 Å². The first-order valence-electron chi connectivity index (χ1n) is 9.14. The van der Waals surface area contributed by atoms with E-state index < -0.39 is 0 Å². The number of nitrogens with zero attached hydrogens (tertiary/aromatic N) is 1. The van der Waals surface area contributed by atoms with Gasteiger partial charge in [0.05, 0.1) is 11.4 Å². The van der Waals surface area contributed by atoms with E-state index in [2.05, 4.69) is 42.6 Å². The zero-order chi connectivity index (χ0) is 18.8. The molecule has 0 aliphatic carbocycles. The van der Waals surface area contributed by atoms with Crippen molar-refractivity contribution >= 4 is 34.0 Å². The highest BCUT2D eigenvalue weighted by Crippen LogP contribution is 2.28. The van der Waals surface area contributed by atoms with E-state index in [1.807, 2.05) is 41.7 Å². The van der Waals surface area contributed by atoms with Crippen molar-refractivity contribution < 1.29 is 14.9 Å². The number of rotatable bonds is 4. The molecule has 3 aromatic rings. The van der Waals surface area contributed by atoms with Crippen LogP contribution in [0.5, 0.6) is 0 Å². The molecule has 136 valence electrons. The van der Waals surface area contributed by atoms with Crippen LogP contribution in [0.3, 0.4) is 0 Å². The molecule has 3 aromatic carbocycles. The molecule has 0 unspecified atom stereocenters. The number of quaternary nitrogens is 1. The van der Waals surface area contributed by atoms with Gasteiger partial charge in [-0.05, 0) is 29.8 Å². The monoisotopic (exact) mass is 360 g/mol. The van der Waals surface area contributed by atoms with Crippen LogP contribution in [-0.2, 0) is 9.59 Å². The molecule has 0 saturated carbocycles. The lowest BCUT2D eigenvalue weighted by atomic mass is 10.00. The van der Waals surface area contributed by atoms with Gasteiger partial charge in [0.2, 0.25) is 5.91 Å². The summed E-state index contributed by atoms with van der Waals surface area (Å²) in [5, 5.41) is 7.24. The highest BCUT2D eigenvalue weighted by molar-refractivity contribution is 6.10. The third-order valence-electron chi connectivity index (χ3n) is 5.03. The predicted octanol–water partition coefficient (Wildman–Crippen LogP) is 2.45. The van der Waals surface area contributed by atoms with Gasteiger partial charge in [0.25, 0.3) is 5.91 Å². The minimum Gasteiger partial charge on any atom is -0.332 e. The average molecular weight is 360 g/mol. The van der Waals surface area contributed by atoms with Crippen molar-refractivity contribution in [2.45, 2.75) is 13.0 Å². The highest BCUT2D eigenvalue weighted by Gasteiger charge is 2.27. The minimum atomic E-state index is -0.163. The molecule has 0 radical (unpaired) electrons. The molecule has 0 aromatic heterocycles. The topological polar surface area (TPSA) is 66.0 Å². The Morgan fingerprint density at radius 1 is 1.07 bits per heavy atom. The molecule has 1 aliphatic heterocycles. The molecule has 27 heavy (non-hydrogen) atoms. The molecule has 5 heteroatoms. The minimum absolute atomic E-state index is 0.0618. The SMILES string of the molecule is C[C@@H]([NH2+]CC(=O)N1CC(=O)Nc2ccccc21)c1cccc2ccccc12. The molecule has 1 aliphatic rings. The van der Waals surface area contributed by atoms with Crippen LogP contribution in [0.25, 0.3) is 10.8 Å². The van der Waals surface area contributed by atoms with Crippen LogP contribution >= 0.6 is 0 Å². The molecule has 0 bridgehead atoms. The fraction of sp³-hybridized carbons (Fsp3) is 0.182. The number of hydrogen-bond acceptors (Lipinski definition) is 2. The zero-order valence-electron chi connectivity index (χ0n) is 15.2. The molecular formula is C22H22N3O2+. The Kier molecular flexibility index (Phi) is 4.60. The lowest BCUT2D eigenvalue weighted by Crippen LogP contribution is -2.87. The lowest BCUT2D eigenvalue weighted by Gasteiger charge is -2.28. The van der Waals surface area contributed by atoms with E-state index in [-0.39, 0.29) is 30.9 Å². The highest BCUT2D eigenvalue weighted by atomic mass is 16.2. The Morgan fingerprint density at radius 2 is 1.81 bits per heavy atom. The van der Waals surface area contributed by atoms with Gasteiger partial charge in [-0.15, -0.1) is 0 Å². The number of benzene rings is 3. The molecule has 1 heterocycles. The van der Waals surface area contributed by atoms with Gasteiger partial charge < -0.3 is 10.6 Å². The number of carbonyl (C=O) groups excluding carboxylic acids is 2. The number of nitrogens with two attached hydrogens (primary N) is 1. The molecule has 2 amide bonds. The summed E-state index contributed by atoms with van der Waals surface area (Å²) in [6.07, 6.45) is 0. The maximum Gasteiger partial charge on any atom is 0.282 e. The molecule has 1 atom stereocenters. The lowest BCUT2D eigenvalue weighted by molar-refractivity contribution is -0.682. The Bertz CT molecular complexity index is 1010. The van der Waals surface area contributed by atoms with Crippen molar-refractivity contribution in [1.29, 1.82) is 0 Å². The summed E-state index contributed by atoms with van der Waals surface area (Å²) in [5.74, 6) is -0.228. The maximum absolute atomic E-state index is 12.8. The van der Waals surface area contributed by atoms with Gasteiger partial charge in [-0.2, -0.15) is 0 Å². The fourth-order valence-corrected chi connectivity index (χ4v) is 3.62. The van der Waals surface area contributed by atoms with E-state index in [1.165, 1.54) is 16.3 Å². The first-order valence-corrected chi connectivity index (χ1v) is 9.14. The zero-order valence-corrected chi connectivity index (χ0v) is 15.2. The molecule has 3 N–H and O–H groups in total. The van der Waals surface area contributed by atoms with E-state index >= 15 is 0 Å². The number of amides is 2. The number of fused-ring (bicyclic) bond motifs is 2. The largest absolute Gasteiger partial charge is 0.332 e. The summed E-state index contributed by atoms with van der Waals surface area (Å²) in [5.41, 5.74) is 2.65. The fourth-order valence-electron chi connectivity index (χ4n) is 3.62. The van der Waals surface area contributed by atoms with Gasteiger partial charge in [-0.25, -0.2) is 0 Å². The van der Waals surface area contributed by atoms with Gasteiger partial charge in [0.15, 0.2) is 6.54 Å². The predicted molar refractivity (Wildman–Crippen MR) is 107 cm³/mol. The summed E-state index contributed by atoms with van der Waals surface area (Å²) in [6, 6.07) is 22.1. The number of para-hydroxylation sites is 2. The number of hydrogen-bond donors (Lipinski definition) is 2. The van der Waals surface area contributed by atoms with Gasteiger partial charge in [-0.1, -0.05) is 54.6 Å². The van der Waals surface area contributed by atoms with Gasteiger partial charge >= 0.3 is 0 Å². The summed E-state index contributed by atoms with van der Waals surface area (Å²) in [6.45, 7) is 2.45. The standard InChI is InChI=1S/C22H21N3O2/c1-15(17-10-6-8-16-7-2-3-9-18(16)17)23-13-22(27)25-14-21(26)24-19-11-4-5-12-20(19)25/h2-12,15,23H,13-14H2,1H3,(H,24,26)/p+1/t15-/m1/s1. The van der Waals surface area contributed by atoms with Crippen LogP contribution in [-0.4, -0.2) is 24.9 Å². The molecule has 0 spiro atoms. The molecule has 0 saturated heterocycles. The van der Waals surface area contributed by atoms with Crippen LogP contribution < -0.4 is 15.5 Å². The molecular weight excluding hydrogens is 338 g/mol. The van der Waals surface area contributed by atoms with Gasteiger partial charge in [0.1, 0.15) is 12.6 Å². The van der Waals surface area contributed by atoms with Crippen molar-refractivity contribution in [2.24, 2.45) is 0 Å². The van der Waals surface area contributed by atoms with E-state index in [0.29, 0.717) is 5.69 Å². The Hall–Kier alpha value is -3.18. The number of nitrogens with one attached hydrogen (secondary N) is 1. The Balaban J connectivity index is 1.50. The van der Waals surface area contributed by atoms with Crippen LogP contribution in [0, 0.1) is 0 Å². The third-order valence-corrected chi connectivity index (χ3v) is 5.03.